The van der Waals surface area contributed by atoms with Gasteiger partial charge in [0.15, 0.2) is 0 Å². The highest BCUT2D eigenvalue weighted by atomic mass is 32.2. The average Bonchev–Trinajstić information content (AvgIpc) is 3.09. The highest BCUT2D eigenvalue weighted by molar-refractivity contribution is 7.89. The molecule has 0 spiro atoms. The summed E-state index contributed by atoms with van der Waals surface area (Å²) in [5.74, 6) is -0.204. The number of anilines is 1. The molecule has 0 unspecified atom stereocenters. The summed E-state index contributed by atoms with van der Waals surface area (Å²) >= 11 is 1.41. The number of aryl methyl sites for hydroxylation is 1. The van der Waals surface area contributed by atoms with Gasteiger partial charge in [-0.2, -0.15) is 4.31 Å². The molecule has 27 heavy (non-hydrogen) atoms. The molecule has 140 valence electrons. The van der Waals surface area contributed by atoms with Crippen LogP contribution in [-0.2, 0) is 16.6 Å². The Morgan fingerprint density at radius 3 is 2.26 bits per heavy atom. The highest BCUT2D eigenvalue weighted by Gasteiger charge is 2.21. The van der Waals surface area contributed by atoms with Gasteiger partial charge < -0.3 is 5.32 Å². The van der Waals surface area contributed by atoms with Crippen LogP contribution in [-0.4, -0.2) is 25.7 Å². The molecule has 0 bridgehead atoms. The number of rotatable bonds is 6. The van der Waals surface area contributed by atoms with E-state index in [4.69, 9.17) is 0 Å². The zero-order chi connectivity index (χ0) is 19.4. The Labute approximate surface area is 163 Å². The summed E-state index contributed by atoms with van der Waals surface area (Å²) in [5, 5.41) is 2.78. The molecule has 7 heteroatoms. The quantitative estimate of drug-likeness (QED) is 0.677. The summed E-state index contributed by atoms with van der Waals surface area (Å²) < 4.78 is 26.8. The zero-order valence-corrected chi connectivity index (χ0v) is 16.7. The van der Waals surface area contributed by atoms with Gasteiger partial charge in [-0.3, -0.25) is 4.79 Å². The molecule has 0 saturated carbocycles. The number of benzene rings is 2. The lowest BCUT2D eigenvalue weighted by Crippen LogP contribution is -2.26. The topological polar surface area (TPSA) is 66.5 Å². The van der Waals surface area contributed by atoms with Crippen molar-refractivity contribution in [3.05, 3.63) is 82.0 Å². The molecule has 1 amide bonds. The van der Waals surface area contributed by atoms with E-state index in [2.05, 4.69) is 5.32 Å². The van der Waals surface area contributed by atoms with Gasteiger partial charge >= 0.3 is 0 Å². The fourth-order valence-electron chi connectivity index (χ4n) is 2.56. The van der Waals surface area contributed by atoms with Crippen LogP contribution in [0.4, 0.5) is 5.69 Å². The Bertz CT molecular complexity index is 1030. The van der Waals surface area contributed by atoms with Gasteiger partial charge in [0.1, 0.15) is 0 Å². The first kappa shape index (κ1) is 19.3. The number of hydrogen-bond acceptors (Lipinski definition) is 4. The van der Waals surface area contributed by atoms with Crippen LogP contribution < -0.4 is 5.32 Å². The number of nitrogens with one attached hydrogen (secondary N) is 1. The monoisotopic (exact) mass is 400 g/mol. The lowest BCUT2D eigenvalue weighted by Gasteiger charge is -2.17. The first-order valence-corrected chi connectivity index (χ1v) is 10.6. The molecule has 5 nitrogen and oxygen atoms in total. The SMILES string of the molecule is Cc1ccc(C(=O)Nc2ccc(S(=O)(=O)N(C)Cc3ccccc3)cc2)s1. The molecule has 1 heterocycles. The molecule has 0 aliphatic rings. The molecule has 3 aromatic rings. The summed E-state index contributed by atoms with van der Waals surface area (Å²) in [6, 6.07) is 19.3. The predicted octanol–water partition coefficient (Wildman–Crippen LogP) is 4.13. The molecule has 0 atom stereocenters. The Morgan fingerprint density at radius 1 is 1.00 bits per heavy atom. The van der Waals surface area contributed by atoms with Crippen LogP contribution in [0.3, 0.4) is 0 Å². The molecule has 0 radical (unpaired) electrons. The maximum absolute atomic E-state index is 12.7. The van der Waals surface area contributed by atoms with Gasteiger partial charge in [0, 0.05) is 24.2 Å². The minimum atomic E-state index is -3.61. The Balaban J connectivity index is 1.71. The minimum Gasteiger partial charge on any atom is -0.321 e. The van der Waals surface area contributed by atoms with Crippen LogP contribution in [0.15, 0.2) is 71.6 Å². The number of carbonyl (C=O) groups is 1. The van der Waals surface area contributed by atoms with E-state index in [9.17, 15) is 13.2 Å². The Morgan fingerprint density at radius 2 is 1.67 bits per heavy atom. The standard InChI is InChI=1S/C20H20N2O3S2/c1-15-8-13-19(26-15)20(23)21-17-9-11-18(12-10-17)27(24,25)22(2)14-16-6-4-3-5-7-16/h3-13H,14H2,1-2H3,(H,21,23). The van der Waals surface area contributed by atoms with Gasteiger partial charge in [0.25, 0.3) is 5.91 Å². The molecule has 3 rings (SSSR count). The van der Waals surface area contributed by atoms with Crippen LogP contribution >= 0.6 is 11.3 Å². The second-order valence-electron chi connectivity index (χ2n) is 6.14. The number of nitrogens with zero attached hydrogens (tertiary/aromatic N) is 1. The normalized spacial score (nSPS) is 11.5. The van der Waals surface area contributed by atoms with Crippen molar-refractivity contribution in [3.63, 3.8) is 0 Å². The van der Waals surface area contributed by atoms with E-state index in [-0.39, 0.29) is 10.8 Å². The van der Waals surface area contributed by atoms with E-state index in [1.807, 2.05) is 43.3 Å². The van der Waals surface area contributed by atoms with Crippen molar-refractivity contribution in [3.8, 4) is 0 Å². The summed E-state index contributed by atoms with van der Waals surface area (Å²) in [4.78, 5) is 14.1. The first-order valence-electron chi connectivity index (χ1n) is 8.34. The van der Waals surface area contributed by atoms with Gasteiger partial charge in [-0.1, -0.05) is 30.3 Å². The zero-order valence-electron chi connectivity index (χ0n) is 15.0. The average molecular weight is 401 g/mol. The van der Waals surface area contributed by atoms with Crippen molar-refractivity contribution in [1.82, 2.24) is 4.31 Å². The van der Waals surface area contributed by atoms with E-state index < -0.39 is 10.0 Å². The van der Waals surface area contributed by atoms with Crippen molar-refractivity contribution in [2.45, 2.75) is 18.4 Å². The maximum atomic E-state index is 12.7. The second-order valence-corrected chi connectivity index (χ2v) is 9.47. The summed E-state index contributed by atoms with van der Waals surface area (Å²) in [6.07, 6.45) is 0. The molecular weight excluding hydrogens is 380 g/mol. The molecule has 1 N–H and O–H groups in total. The highest BCUT2D eigenvalue weighted by Crippen LogP contribution is 2.21. The molecule has 0 fully saturated rings. The minimum absolute atomic E-state index is 0.186. The van der Waals surface area contributed by atoms with Crippen molar-refractivity contribution >= 4 is 33.0 Å². The predicted molar refractivity (Wildman–Crippen MR) is 109 cm³/mol. The summed E-state index contributed by atoms with van der Waals surface area (Å²) in [7, 11) is -2.06. The fourth-order valence-corrected chi connectivity index (χ4v) is 4.49. The van der Waals surface area contributed by atoms with E-state index in [0.717, 1.165) is 10.4 Å². The van der Waals surface area contributed by atoms with Gasteiger partial charge in [-0.25, -0.2) is 8.42 Å². The van der Waals surface area contributed by atoms with E-state index >= 15 is 0 Å². The van der Waals surface area contributed by atoms with Crippen LogP contribution in [0.25, 0.3) is 0 Å². The first-order chi connectivity index (χ1) is 12.9. The summed E-state index contributed by atoms with van der Waals surface area (Å²) in [6.45, 7) is 2.23. The molecular formula is C20H20N2O3S2. The third-order valence-electron chi connectivity index (χ3n) is 4.03. The van der Waals surface area contributed by atoms with Crippen molar-refractivity contribution in [2.24, 2.45) is 0 Å². The molecule has 0 aliphatic carbocycles. The third kappa shape index (κ3) is 4.63. The van der Waals surface area contributed by atoms with E-state index in [0.29, 0.717) is 17.1 Å². The smallest absolute Gasteiger partial charge is 0.265 e. The van der Waals surface area contributed by atoms with Crippen LogP contribution in [0, 0.1) is 6.92 Å². The van der Waals surface area contributed by atoms with Crippen LogP contribution in [0.2, 0.25) is 0 Å². The van der Waals surface area contributed by atoms with Crippen molar-refractivity contribution < 1.29 is 13.2 Å². The fraction of sp³-hybridized carbons (Fsp3) is 0.150. The van der Waals surface area contributed by atoms with Crippen LogP contribution in [0.5, 0.6) is 0 Å². The number of sulfonamides is 1. The lowest BCUT2D eigenvalue weighted by atomic mass is 10.2. The number of hydrogen-bond donors (Lipinski definition) is 1. The molecule has 2 aromatic carbocycles. The van der Waals surface area contributed by atoms with Gasteiger partial charge in [0.05, 0.1) is 9.77 Å². The molecule has 1 aromatic heterocycles. The largest absolute Gasteiger partial charge is 0.321 e. The Hall–Kier alpha value is -2.48. The van der Waals surface area contributed by atoms with Gasteiger partial charge in [-0.05, 0) is 48.9 Å². The summed E-state index contributed by atoms with van der Waals surface area (Å²) in [5.41, 5.74) is 1.47. The maximum Gasteiger partial charge on any atom is 0.265 e. The molecule has 0 saturated heterocycles. The third-order valence-corrected chi connectivity index (χ3v) is 6.85. The van der Waals surface area contributed by atoms with Gasteiger partial charge in [0.2, 0.25) is 10.0 Å². The number of thiophene rings is 1. The van der Waals surface area contributed by atoms with Crippen LogP contribution in [0.1, 0.15) is 20.1 Å². The number of amides is 1. The lowest BCUT2D eigenvalue weighted by molar-refractivity contribution is 0.103. The number of carbonyl (C=O) groups excluding carboxylic acids is 1. The van der Waals surface area contributed by atoms with E-state index in [1.54, 1.807) is 25.2 Å². The van der Waals surface area contributed by atoms with Crippen molar-refractivity contribution in [1.29, 1.82) is 0 Å². The Kier molecular flexibility index (Phi) is 5.74. The van der Waals surface area contributed by atoms with Crippen molar-refractivity contribution in [2.75, 3.05) is 12.4 Å². The second kappa shape index (κ2) is 8.04. The van der Waals surface area contributed by atoms with Gasteiger partial charge in [-0.15, -0.1) is 11.3 Å². The molecule has 0 aliphatic heterocycles. The van der Waals surface area contributed by atoms with E-state index in [1.165, 1.54) is 27.8 Å².